The van der Waals surface area contributed by atoms with Gasteiger partial charge in [0.15, 0.2) is 0 Å². The van der Waals surface area contributed by atoms with Gasteiger partial charge in [0.25, 0.3) is 5.91 Å². The van der Waals surface area contributed by atoms with Crippen LogP contribution in [0.25, 0.3) is 0 Å². The lowest BCUT2D eigenvalue weighted by molar-refractivity contribution is -0.120. The van der Waals surface area contributed by atoms with Crippen molar-refractivity contribution < 1.29 is 14.0 Å². The Balaban J connectivity index is 1.86. The Kier molecular flexibility index (Phi) is 6.36. The highest BCUT2D eigenvalue weighted by atomic mass is 16.3. The number of furan rings is 1. The van der Waals surface area contributed by atoms with Crippen LogP contribution in [0.15, 0.2) is 41.0 Å². The molecule has 2 rings (SSSR count). The summed E-state index contributed by atoms with van der Waals surface area (Å²) in [4.78, 5) is 26.1. The summed E-state index contributed by atoms with van der Waals surface area (Å²) in [6, 6.07) is 9.89. The van der Waals surface area contributed by atoms with E-state index in [1.54, 1.807) is 13.0 Å². The van der Waals surface area contributed by atoms with Crippen molar-refractivity contribution in [3.63, 3.8) is 0 Å². The van der Waals surface area contributed by atoms with E-state index < -0.39 is 0 Å². The molecule has 25 heavy (non-hydrogen) atoms. The molecular weight excluding hydrogens is 318 g/mol. The van der Waals surface area contributed by atoms with E-state index in [1.807, 2.05) is 21.0 Å². The predicted octanol–water partition coefficient (Wildman–Crippen LogP) is 2.05. The Morgan fingerprint density at radius 3 is 2.32 bits per heavy atom. The van der Waals surface area contributed by atoms with E-state index in [9.17, 15) is 9.59 Å². The molecule has 0 radical (unpaired) electrons. The molecule has 1 heterocycles. The smallest absolute Gasteiger partial charge is 0.255 e. The summed E-state index contributed by atoms with van der Waals surface area (Å²) in [6.07, 6.45) is 1.45. The topological polar surface area (TPSA) is 74.6 Å². The molecule has 6 nitrogen and oxygen atoms in total. The molecule has 0 saturated heterocycles. The van der Waals surface area contributed by atoms with E-state index >= 15 is 0 Å². The Bertz CT molecular complexity index is 720. The SMILES string of the molecule is Cc1ccc([C@@H](CNC(=O)CNC(=O)c2ccoc2C)N(C)C)cc1. The van der Waals surface area contributed by atoms with E-state index in [-0.39, 0.29) is 24.4 Å². The van der Waals surface area contributed by atoms with Crippen molar-refractivity contribution >= 4 is 11.8 Å². The molecule has 0 saturated carbocycles. The Hall–Kier alpha value is -2.60. The van der Waals surface area contributed by atoms with Gasteiger partial charge in [-0.1, -0.05) is 29.8 Å². The molecule has 2 N–H and O–H groups in total. The zero-order chi connectivity index (χ0) is 18.4. The molecule has 6 heteroatoms. The number of rotatable bonds is 7. The molecule has 0 aliphatic heterocycles. The molecule has 1 atom stereocenters. The summed E-state index contributed by atoms with van der Waals surface area (Å²) in [5, 5.41) is 5.47. The fraction of sp³-hybridized carbons (Fsp3) is 0.368. The normalized spacial score (nSPS) is 12.0. The maximum absolute atomic E-state index is 12.0. The Morgan fingerprint density at radius 1 is 1.08 bits per heavy atom. The van der Waals surface area contributed by atoms with E-state index in [4.69, 9.17) is 4.42 Å². The van der Waals surface area contributed by atoms with Crippen molar-refractivity contribution in [1.29, 1.82) is 0 Å². The zero-order valence-electron chi connectivity index (χ0n) is 15.1. The van der Waals surface area contributed by atoms with Gasteiger partial charge in [-0.05, 0) is 39.6 Å². The minimum absolute atomic E-state index is 0.0661. The van der Waals surface area contributed by atoms with Gasteiger partial charge in [0.05, 0.1) is 24.4 Å². The Labute approximate surface area is 148 Å². The van der Waals surface area contributed by atoms with Crippen LogP contribution in [0.1, 0.15) is 33.3 Å². The van der Waals surface area contributed by atoms with Crippen molar-refractivity contribution in [1.82, 2.24) is 15.5 Å². The van der Waals surface area contributed by atoms with Crippen LogP contribution in [0.2, 0.25) is 0 Å². The third kappa shape index (κ3) is 5.19. The van der Waals surface area contributed by atoms with Crippen molar-refractivity contribution in [2.45, 2.75) is 19.9 Å². The van der Waals surface area contributed by atoms with Gasteiger partial charge >= 0.3 is 0 Å². The number of amides is 2. The van der Waals surface area contributed by atoms with E-state index in [0.29, 0.717) is 17.9 Å². The van der Waals surface area contributed by atoms with E-state index in [2.05, 4.69) is 39.8 Å². The predicted molar refractivity (Wildman–Crippen MR) is 96.4 cm³/mol. The quantitative estimate of drug-likeness (QED) is 0.807. The molecule has 0 bridgehead atoms. The number of hydrogen-bond donors (Lipinski definition) is 2. The second kappa shape index (κ2) is 8.48. The van der Waals surface area contributed by atoms with Crippen LogP contribution in [0.4, 0.5) is 0 Å². The largest absolute Gasteiger partial charge is 0.469 e. The van der Waals surface area contributed by atoms with Crippen LogP contribution in [-0.2, 0) is 4.79 Å². The molecule has 2 amide bonds. The molecule has 2 aromatic rings. The fourth-order valence-corrected chi connectivity index (χ4v) is 2.54. The first kappa shape index (κ1) is 18.7. The van der Waals surface area contributed by atoms with Gasteiger partial charge < -0.3 is 20.0 Å². The van der Waals surface area contributed by atoms with Crippen LogP contribution in [-0.4, -0.2) is 43.9 Å². The van der Waals surface area contributed by atoms with Crippen molar-refractivity contribution in [3.05, 3.63) is 59.0 Å². The lowest BCUT2D eigenvalue weighted by Gasteiger charge is -2.25. The summed E-state index contributed by atoms with van der Waals surface area (Å²) in [5.74, 6) is -0.0116. The van der Waals surface area contributed by atoms with E-state index in [1.165, 1.54) is 11.8 Å². The second-order valence-electron chi connectivity index (χ2n) is 6.27. The van der Waals surface area contributed by atoms with Crippen molar-refractivity contribution in [3.8, 4) is 0 Å². The van der Waals surface area contributed by atoms with Gasteiger partial charge in [-0.25, -0.2) is 0 Å². The first-order chi connectivity index (χ1) is 11.9. The van der Waals surface area contributed by atoms with Crippen LogP contribution < -0.4 is 10.6 Å². The highest BCUT2D eigenvalue weighted by molar-refractivity contribution is 5.97. The molecule has 0 aliphatic carbocycles. The van der Waals surface area contributed by atoms with Gasteiger partial charge in [-0.3, -0.25) is 9.59 Å². The number of nitrogens with one attached hydrogen (secondary N) is 2. The maximum atomic E-state index is 12.0. The monoisotopic (exact) mass is 343 g/mol. The number of hydrogen-bond acceptors (Lipinski definition) is 4. The standard InChI is InChI=1S/C19H25N3O3/c1-13-5-7-15(8-6-13)17(22(3)4)11-20-18(23)12-21-19(24)16-9-10-25-14(16)2/h5-10,17H,11-12H2,1-4H3,(H,20,23)(H,21,24)/t17-/m1/s1. The summed E-state index contributed by atoms with van der Waals surface area (Å²) >= 11 is 0. The first-order valence-electron chi connectivity index (χ1n) is 8.20. The molecule has 0 spiro atoms. The van der Waals surface area contributed by atoms with Crippen LogP contribution >= 0.6 is 0 Å². The van der Waals surface area contributed by atoms with Gasteiger partial charge in [-0.15, -0.1) is 0 Å². The van der Waals surface area contributed by atoms with Gasteiger partial charge in [-0.2, -0.15) is 0 Å². The molecule has 1 aromatic carbocycles. The molecule has 1 aromatic heterocycles. The lowest BCUT2D eigenvalue weighted by Crippen LogP contribution is -2.40. The minimum atomic E-state index is -0.316. The fourth-order valence-electron chi connectivity index (χ4n) is 2.54. The van der Waals surface area contributed by atoms with Gasteiger partial charge in [0.2, 0.25) is 5.91 Å². The number of aryl methyl sites for hydroxylation is 2. The summed E-state index contributed by atoms with van der Waals surface area (Å²) in [7, 11) is 3.94. The summed E-state index contributed by atoms with van der Waals surface area (Å²) in [6.45, 7) is 4.14. The highest BCUT2D eigenvalue weighted by Gasteiger charge is 2.16. The summed E-state index contributed by atoms with van der Waals surface area (Å²) < 4.78 is 5.09. The average molecular weight is 343 g/mol. The highest BCUT2D eigenvalue weighted by Crippen LogP contribution is 2.17. The molecule has 0 aliphatic rings. The van der Waals surface area contributed by atoms with Crippen molar-refractivity contribution in [2.75, 3.05) is 27.2 Å². The van der Waals surface area contributed by atoms with Crippen LogP contribution in [0.5, 0.6) is 0 Å². The maximum Gasteiger partial charge on any atom is 0.255 e. The molecule has 134 valence electrons. The molecule has 0 fully saturated rings. The van der Waals surface area contributed by atoms with Gasteiger partial charge in [0, 0.05) is 6.54 Å². The van der Waals surface area contributed by atoms with Crippen LogP contribution in [0, 0.1) is 13.8 Å². The first-order valence-corrected chi connectivity index (χ1v) is 8.20. The lowest BCUT2D eigenvalue weighted by atomic mass is 10.0. The minimum Gasteiger partial charge on any atom is -0.469 e. The zero-order valence-corrected chi connectivity index (χ0v) is 15.1. The van der Waals surface area contributed by atoms with Gasteiger partial charge in [0.1, 0.15) is 5.76 Å². The number of carbonyl (C=O) groups excluding carboxylic acids is 2. The average Bonchev–Trinajstić information content (AvgIpc) is 3.00. The third-order valence-corrected chi connectivity index (χ3v) is 4.09. The van der Waals surface area contributed by atoms with E-state index in [0.717, 1.165) is 5.56 Å². The molecular formula is C19H25N3O3. The molecule has 0 unspecified atom stereocenters. The second-order valence-corrected chi connectivity index (χ2v) is 6.27. The Morgan fingerprint density at radius 2 is 1.76 bits per heavy atom. The number of nitrogens with zero attached hydrogens (tertiary/aromatic N) is 1. The third-order valence-electron chi connectivity index (χ3n) is 4.09. The summed E-state index contributed by atoms with van der Waals surface area (Å²) in [5.41, 5.74) is 2.77. The number of carbonyl (C=O) groups is 2. The van der Waals surface area contributed by atoms with Crippen molar-refractivity contribution in [2.24, 2.45) is 0 Å². The number of benzene rings is 1. The van der Waals surface area contributed by atoms with Crippen LogP contribution in [0.3, 0.4) is 0 Å². The number of likely N-dealkylation sites (N-methyl/N-ethyl adjacent to an activating group) is 1.